The molecule has 0 spiro atoms. The largest absolute Gasteiger partial charge is 0.504 e. The van der Waals surface area contributed by atoms with Gasteiger partial charge in [-0.05, 0) is 43.3 Å². The highest BCUT2D eigenvalue weighted by Crippen LogP contribution is 2.36. The number of fused-ring (bicyclic) bond motifs is 1. The quantitative estimate of drug-likeness (QED) is 0.556. The predicted molar refractivity (Wildman–Crippen MR) is 96.2 cm³/mol. The van der Waals surface area contributed by atoms with Crippen molar-refractivity contribution in [1.29, 1.82) is 0 Å². The van der Waals surface area contributed by atoms with Gasteiger partial charge in [0.25, 0.3) is 0 Å². The van der Waals surface area contributed by atoms with Crippen LogP contribution in [0.1, 0.15) is 5.56 Å². The van der Waals surface area contributed by atoms with E-state index in [1.165, 1.54) is 6.33 Å². The van der Waals surface area contributed by atoms with Gasteiger partial charge in [-0.1, -0.05) is 11.6 Å². The highest BCUT2D eigenvalue weighted by Gasteiger charge is 2.18. The van der Waals surface area contributed by atoms with Gasteiger partial charge in [-0.3, -0.25) is 0 Å². The molecule has 1 aromatic carbocycles. The Labute approximate surface area is 148 Å². The van der Waals surface area contributed by atoms with Crippen molar-refractivity contribution in [3.8, 4) is 17.1 Å². The first-order valence-corrected chi connectivity index (χ1v) is 7.92. The minimum absolute atomic E-state index is 0.0355. The van der Waals surface area contributed by atoms with E-state index in [0.29, 0.717) is 28.1 Å². The summed E-state index contributed by atoms with van der Waals surface area (Å²) in [6, 6.07) is 10.6. The van der Waals surface area contributed by atoms with Crippen molar-refractivity contribution < 1.29 is 9.52 Å². The van der Waals surface area contributed by atoms with E-state index in [2.05, 4.69) is 20.3 Å². The monoisotopic (exact) mass is 352 g/mol. The van der Waals surface area contributed by atoms with Gasteiger partial charge >= 0.3 is 0 Å². The Morgan fingerprint density at radius 1 is 1.04 bits per heavy atom. The van der Waals surface area contributed by atoms with E-state index in [4.69, 9.17) is 16.0 Å². The van der Waals surface area contributed by atoms with E-state index in [0.717, 1.165) is 16.5 Å². The van der Waals surface area contributed by atoms with Crippen LogP contribution in [0.2, 0.25) is 5.02 Å². The molecule has 0 unspecified atom stereocenters. The molecule has 25 heavy (non-hydrogen) atoms. The van der Waals surface area contributed by atoms with E-state index in [1.54, 1.807) is 30.5 Å². The van der Waals surface area contributed by atoms with Crippen molar-refractivity contribution in [1.82, 2.24) is 15.0 Å². The van der Waals surface area contributed by atoms with Gasteiger partial charge in [0.1, 0.15) is 17.9 Å². The highest BCUT2D eigenvalue weighted by molar-refractivity contribution is 6.30. The van der Waals surface area contributed by atoms with Crippen LogP contribution >= 0.6 is 11.6 Å². The fourth-order valence-corrected chi connectivity index (χ4v) is 2.77. The number of furan rings is 1. The minimum Gasteiger partial charge on any atom is -0.504 e. The van der Waals surface area contributed by atoms with E-state index >= 15 is 0 Å². The van der Waals surface area contributed by atoms with Crippen LogP contribution in [0.15, 0.2) is 53.3 Å². The number of hydrogen-bond donors (Lipinski definition) is 2. The number of anilines is 2. The molecule has 0 amide bonds. The molecule has 0 fully saturated rings. The molecule has 6 nitrogen and oxygen atoms in total. The molecule has 0 saturated heterocycles. The molecular weight excluding hydrogens is 340 g/mol. The fourth-order valence-electron chi connectivity index (χ4n) is 2.65. The lowest BCUT2D eigenvalue weighted by molar-refractivity contribution is 0.475. The summed E-state index contributed by atoms with van der Waals surface area (Å²) >= 11 is 5.95. The van der Waals surface area contributed by atoms with Crippen molar-refractivity contribution >= 4 is 34.3 Å². The van der Waals surface area contributed by atoms with E-state index in [9.17, 15) is 5.11 Å². The molecule has 0 bridgehead atoms. The van der Waals surface area contributed by atoms with Gasteiger partial charge < -0.3 is 14.8 Å². The third-order valence-electron chi connectivity index (χ3n) is 3.86. The number of rotatable bonds is 3. The lowest BCUT2D eigenvalue weighted by Crippen LogP contribution is -1.97. The van der Waals surface area contributed by atoms with Crippen molar-refractivity contribution in [2.45, 2.75) is 6.92 Å². The summed E-state index contributed by atoms with van der Waals surface area (Å²) in [6.45, 7) is 1.93. The Bertz CT molecular complexity index is 1060. The topological polar surface area (TPSA) is 84.1 Å². The summed E-state index contributed by atoms with van der Waals surface area (Å²) in [4.78, 5) is 12.6. The maximum absolute atomic E-state index is 9.92. The average molecular weight is 353 g/mol. The van der Waals surface area contributed by atoms with Gasteiger partial charge in [-0.2, -0.15) is 0 Å². The summed E-state index contributed by atoms with van der Waals surface area (Å²) in [5.41, 5.74) is 2.23. The summed E-state index contributed by atoms with van der Waals surface area (Å²) in [6.07, 6.45) is 2.99. The number of benzene rings is 1. The molecule has 7 heteroatoms. The van der Waals surface area contributed by atoms with Crippen molar-refractivity contribution in [3.05, 3.63) is 59.5 Å². The number of halogens is 1. The second kappa shape index (κ2) is 6.07. The molecule has 0 aliphatic heterocycles. The molecule has 2 N–H and O–H groups in total. The summed E-state index contributed by atoms with van der Waals surface area (Å²) in [7, 11) is 0. The Kier molecular flexibility index (Phi) is 3.74. The molecule has 0 aliphatic rings. The SMILES string of the molecule is Cc1c(-c2ccc(Cl)cc2)oc2ncnc(Nc3ncccc3O)c12. The Hall–Kier alpha value is -3.12. The van der Waals surface area contributed by atoms with Crippen LogP contribution in [-0.2, 0) is 0 Å². The van der Waals surface area contributed by atoms with Crippen LogP contribution < -0.4 is 5.32 Å². The molecule has 4 aromatic rings. The third-order valence-corrected chi connectivity index (χ3v) is 4.11. The number of hydrogen-bond acceptors (Lipinski definition) is 6. The normalized spacial score (nSPS) is 11.0. The van der Waals surface area contributed by atoms with Gasteiger partial charge in [0.05, 0.1) is 5.39 Å². The van der Waals surface area contributed by atoms with Crippen LogP contribution in [0.3, 0.4) is 0 Å². The van der Waals surface area contributed by atoms with Gasteiger partial charge in [0.15, 0.2) is 11.6 Å². The van der Waals surface area contributed by atoms with E-state index < -0.39 is 0 Å². The number of nitrogens with zero attached hydrogens (tertiary/aromatic N) is 3. The maximum atomic E-state index is 9.92. The van der Waals surface area contributed by atoms with Gasteiger partial charge in [-0.25, -0.2) is 15.0 Å². The maximum Gasteiger partial charge on any atom is 0.232 e. The zero-order valence-electron chi connectivity index (χ0n) is 13.2. The molecule has 4 rings (SSSR count). The Balaban J connectivity index is 1.84. The molecule has 0 radical (unpaired) electrons. The molecule has 3 heterocycles. The average Bonchev–Trinajstić information content (AvgIpc) is 2.95. The number of nitrogens with one attached hydrogen (secondary N) is 1. The van der Waals surface area contributed by atoms with E-state index in [1.807, 2.05) is 19.1 Å². The molecule has 0 atom stereocenters. The third kappa shape index (κ3) is 2.77. The minimum atomic E-state index is 0.0355. The molecule has 3 aromatic heterocycles. The van der Waals surface area contributed by atoms with Crippen molar-refractivity contribution in [3.63, 3.8) is 0 Å². The highest BCUT2D eigenvalue weighted by atomic mass is 35.5. The summed E-state index contributed by atoms with van der Waals surface area (Å²) < 4.78 is 5.92. The van der Waals surface area contributed by atoms with E-state index in [-0.39, 0.29) is 5.75 Å². The van der Waals surface area contributed by atoms with Crippen LogP contribution in [-0.4, -0.2) is 20.1 Å². The number of aryl methyl sites for hydroxylation is 1. The van der Waals surface area contributed by atoms with Crippen molar-refractivity contribution in [2.75, 3.05) is 5.32 Å². The molecule has 124 valence electrons. The van der Waals surface area contributed by atoms with Crippen LogP contribution in [0, 0.1) is 6.92 Å². The first-order chi connectivity index (χ1) is 12.1. The Morgan fingerprint density at radius 2 is 1.84 bits per heavy atom. The predicted octanol–water partition coefficient (Wildman–Crippen LogP) is 4.70. The second-order valence-electron chi connectivity index (χ2n) is 5.46. The number of aromatic nitrogens is 3. The molecular formula is C18H13ClN4O2. The van der Waals surface area contributed by atoms with Crippen LogP contribution in [0.25, 0.3) is 22.4 Å². The standard InChI is InChI=1S/C18H13ClN4O2/c1-10-14-17(23-16-13(24)3-2-8-20-16)21-9-22-18(14)25-15(10)11-4-6-12(19)7-5-11/h2-9,24H,1H3,(H,20,21,22,23). The lowest BCUT2D eigenvalue weighted by Gasteiger charge is -2.07. The summed E-state index contributed by atoms with van der Waals surface area (Å²) in [5.74, 6) is 1.56. The van der Waals surface area contributed by atoms with Gasteiger partial charge in [0.2, 0.25) is 5.71 Å². The second-order valence-corrected chi connectivity index (χ2v) is 5.90. The molecule has 0 aliphatic carbocycles. The fraction of sp³-hybridized carbons (Fsp3) is 0.0556. The smallest absolute Gasteiger partial charge is 0.232 e. The number of aromatic hydroxyl groups is 1. The number of pyridine rings is 1. The first-order valence-electron chi connectivity index (χ1n) is 7.54. The first kappa shape index (κ1) is 15.4. The summed E-state index contributed by atoms with van der Waals surface area (Å²) in [5, 5.41) is 14.3. The lowest BCUT2D eigenvalue weighted by atomic mass is 10.1. The zero-order valence-corrected chi connectivity index (χ0v) is 13.9. The molecule has 0 saturated carbocycles. The van der Waals surface area contributed by atoms with Crippen molar-refractivity contribution in [2.24, 2.45) is 0 Å². The zero-order chi connectivity index (χ0) is 17.4. The van der Waals surface area contributed by atoms with Gasteiger partial charge in [-0.15, -0.1) is 0 Å². The van der Waals surface area contributed by atoms with Crippen LogP contribution in [0.5, 0.6) is 5.75 Å². The Morgan fingerprint density at radius 3 is 2.60 bits per heavy atom. The van der Waals surface area contributed by atoms with Crippen LogP contribution in [0.4, 0.5) is 11.6 Å². The van der Waals surface area contributed by atoms with Gasteiger partial charge in [0, 0.05) is 22.3 Å².